The van der Waals surface area contributed by atoms with Crippen LogP contribution in [0.4, 0.5) is 0 Å². The van der Waals surface area contributed by atoms with Crippen LogP contribution in [0.2, 0.25) is 12.1 Å². The summed E-state index contributed by atoms with van der Waals surface area (Å²) in [6.07, 6.45) is 12.1. The molecule has 0 aliphatic rings. The molecular formula is C17H38O2Si. The maximum absolute atomic E-state index is 6.13. The number of rotatable bonds is 15. The van der Waals surface area contributed by atoms with Crippen molar-refractivity contribution >= 4 is 8.56 Å². The number of hydrogen-bond donors (Lipinski definition) is 0. The van der Waals surface area contributed by atoms with Crippen LogP contribution >= 0.6 is 0 Å². The van der Waals surface area contributed by atoms with Gasteiger partial charge in [0.25, 0.3) is 0 Å². The molecule has 0 unspecified atom stereocenters. The molecule has 3 heteroatoms. The lowest BCUT2D eigenvalue weighted by molar-refractivity contribution is 0.180. The van der Waals surface area contributed by atoms with Crippen LogP contribution in [0.3, 0.4) is 0 Å². The highest BCUT2D eigenvalue weighted by Crippen LogP contribution is 2.25. The Morgan fingerprint density at radius 3 is 1.50 bits per heavy atom. The standard InChI is InChI=1S/C17H38O2Si/c1-5-9-11-12-13-14-15-17-20(18-7-3,19-8-4)16-10-6-2/h5-17H2,1-4H3. The maximum atomic E-state index is 6.13. The highest BCUT2D eigenvalue weighted by molar-refractivity contribution is 6.67. The lowest BCUT2D eigenvalue weighted by Gasteiger charge is -2.30. The number of hydrogen-bond acceptors (Lipinski definition) is 2. The quantitative estimate of drug-likeness (QED) is 0.271. The molecule has 0 radical (unpaired) electrons. The third-order valence-corrected chi connectivity index (χ3v) is 7.75. The summed E-state index contributed by atoms with van der Waals surface area (Å²) in [7, 11) is -1.89. The summed E-state index contributed by atoms with van der Waals surface area (Å²) in [6.45, 7) is 10.4. The van der Waals surface area contributed by atoms with Crippen molar-refractivity contribution < 1.29 is 8.85 Å². The lowest BCUT2D eigenvalue weighted by Crippen LogP contribution is -2.42. The molecule has 0 saturated carbocycles. The molecule has 0 rings (SSSR count). The zero-order valence-electron chi connectivity index (χ0n) is 14.5. The average Bonchev–Trinajstić information content (AvgIpc) is 2.45. The largest absolute Gasteiger partial charge is 0.394 e. The van der Waals surface area contributed by atoms with E-state index in [1.807, 2.05) is 0 Å². The summed E-state index contributed by atoms with van der Waals surface area (Å²) in [4.78, 5) is 0. The minimum atomic E-state index is -1.89. The van der Waals surface area contributed by atoms with E-state index in [0.29, 0.717) is 0 Å². The van der Waals surface area contributed by atoms with Crippen molar-refractivity contribution in [2.45, 2.75) is 97.6 Å². The van der Waals surface area contributed by atoms with Crippen molar-refractivity contribution in [3.63, 3.8) is 0 Å². The molecule has 0 aliphatic heterocycles. The van der Waals surface area contributed by atoms with Gasteiger partial charge in [0.2, 0.25) is 0 Å². The Hall–Kier alpha value is 0.137. The second-order valence-corrected chi connectivity index (χ2v) is 9.15. The highest BCUT2D eigenvalue weighted by atomic mass is 28.4. The smallest absolute Gasteiger partial charge is 0.338 e. The molecule has 0 atom stereocenters. The highest BCUT2D eigenvalue weighted by Gasteiger charge is 2.35. The Morgan fingerprint density at radius 2 is 1.00 bits per heavy atom. The van der Waals surface area contributed by atoms with Crippen LogP contribution in [-0.2, 0) is 8.85 Å². The predicted octanol–water partition coefficient (Wildman–Crippen LogP) is 6.05. The van der Waals surface area contributed by atoms with Gasteiger partial charge in [-0.25, -0.2) is 0 Å². The fraction of sp³-hybridized carbons (Fsp3) is 1.00. The Bertz CT molecular complexity index is 191. The molecule has 0 spiro atoms. The van der Waals surface area contributed by atoms with Gasteiger partial charge < -0.3 is 8.85 Å². The first-order chi connectivity index (χ1) is 9.74. The van der Waals surface area contributed by atoms with Crippen molar-refractivity contribution in [1.82, 2.24) is 0 Å². The van der Waals surface area contributed by atoms with Gasteiger partial charge in [0.1, 0.15) is 0 Å². The molecule has 0 amide bonds. The molecule has 122 valence electrons. The minimum absolute atomic E-state index is 0.812. The first-order valence-electron chi connectivity index (χ1n) is 9.02. The molecule has 0 aromatic carbocycles. The Morgan fingerprint density at radius 1 is 0.550 bits per heavy atom. The summed E-state index contributed by atoms with van der Waals surface area (Å²) >= 11 is 0. The zero-order chi connectivity index (χ0) is 15.1. The molecule has 20 heavy (non-hydrogen) atoms. The molecule has 0 aliphatic carbocycles. The molecule has 0 heterocycles. The Balaban J connectivity index is 3.99. The molecule has 0 N–H and O–H groups in total. The zero-order valence-corrected chi connectivity index (χ0v) is 15.5. The maximum Gasteiger partial charge on any atom is 0.338 e. The van der Waals surface area contributed by atoms with E-state index in [4.69, 9.17) is 8.85 Å². The van der Waals surface area contributed by atoms with Gasteiger partial charge in [-0.05, 0) is 25.9 Å². The minimum Gasteiger partial charge on any atom is -0.394 e. The van der Waals surface area contributed by atoms with Crippen LogP contribution in [0.5, 0.6) is 0 Å². The van der Waals surface area contributed by atoms with Gasteiger partial charge in [-0.3, -0.25) is 0 Å². The fourth-order valence-electron chi connectivity index (χ4n) is 2.78. The van der Waals surface area contributed by atoms with Crippen LogP contribution in [0.15, 0.2) is 0 Å². The first kappa shape index (κ1) is 20.1. The van der Waals surface area contributed by atoms with Crippen LogP contribution in [0.1, 0.15) is 85.5 Å². The lowest BCUT2D eigenvalue weighted by atomic mass is 10.1. The first-order valence-corrected chi connectivity index (χ1v) is 11.3. The van der Waals surface area contributed by atoms with Gasteiger partial charge in [0, 0.05) is 13.2 Å². The predicted molar refractivity (Wildman–Crippen MR) is 91.5 cm³/mol. The van der Waals surface area contributed by atoms with Crippen molar-refractivity contribution in [1.29, 1.82) is 0 Å². The van der Waals surface area contributed by atoms with Crippen molar-refractivity contribution in [2.75, 3.05) is 13.2 Å². The molecular weight excluding hydrogens is 264 g/mol. The fourth-order valence-corrected chi connectivity index (χ4v) is 6.42. The van der Waals surface area contributed by atoms with E-state index in [0.717, 1.165) is 13.2 Å². The van der Waals surface area contributed by atoms with E-state index in [-0.39, 0.29) is 0 Å². The summed E-state index contributed by atoms with van der Waals surface area (Å²) in [5.74, 6) is 0. The molecule has 0 saturated heterocycles. The van der Waals surface area contributed by atoms with Gasteiger partial charge in [-0.1, -0.05) is 71.6 Å². The van der Waals surface area contributed by atoms with Gasteiger partial charge in [0.05, 0.1) is 0 Å². The second kappa shape index (κ2) is 14.1. The van der Waals surface area contributed by atoms with E-state index in [2.05, 4.69) is 27.7 Å². The third kappa shape index (κ3) is 9.95. The number of unbranched alkanes of at least 4 members (excludes halogenated alkanes) is 7. The summed E-state index contributed by atoms with van der Waals surface area (Å²) in [6, 6.07) is 2.38. The Kier molecular flexibility index (Phi) is 14.2. The third-order valence-electron chi connectivity index (χ3n) is 3.89. The topological polar surface area (TPSA) is 18.5 Å². The van der Waals surface area contributed by atoms with E-state index < -0.39 is 8.56 Å². The van der Waals surface area contributed by atoms with Crippen LogP contribution in [-0.4, -0.2) is 21.8 Å². The second-order valence-electron chi connectivity index (χ2n) is 5.75. The van der Waals surface area contributed by atoms with E-state index in [9.17, 15) is 0 Å². The molecule has 0 aromatic rings. The van der Waals surface area contributed by atoms with Gasteiger partial charge in [-0.15, -0.1) is 0 Å². The average molecular weight is 303 g/mol. The molecule has 0 fully saturated rings. The van der Waals surface area contributed by atoms with Gasteiger partial charge in [-0.2, -0.15) is 0 Å². The normalized spacial score (nSPS) is 12.0. The van der Waals surface area contributed by atoms with Crippen LogP contribution in [0.25, 0.3) is 0 Å². The van der Waals surface area contributed by atoms with Crippen molar-refractivity contribution in [3.8, 4) is 0 Å². The van der Waals surface area contributed by atoms with E-state index in [1.165, 1.54) is 69.9 Å². The van der Waals surface area contributed by atoms with Crippen LogP contribution in [0, 0.1) is 0 Å². The Labute approximate surface area is 128 Å². The summed E-state index contributed by atoms with van der Waals surface area (Å²) < 4.78 is 12.3. The monoisotopic (exact) mass is 302 g/mol. The SMILES string of the molecule is CCCCCCCCC[Si](CCCC)(OCC)OCC. The molecule has 2 nitrogen and oxygen atoms in total. The van der Waals surface area contributed by atoms with E-state index >= 15 is 0 Å². The van der Waals surface area contributed by atoms with Gasteiger partial charge >= 0.3 is 8.56 Å². The molecule has 0 bridgehead atoms. The summed E-state index contributed by atoms with van der Waals surface area (Å²) in [5.41, 5.74) is 0. The van der Waals surface area contributed by atoms with E-state index in [1.54, 1.807) is 0 Å². The van der Waals surface area contributed by atoms with Crippen molar-refractivity contribution in [2.24, 2.45) is 0 Å². The molecule has 0 aromatic heterocycles. The summed E-state index contributed by atoms with van der Waals surface area (Å²) in [5, 5.41) is 0. The van der Waals surface area contributed by atoms with Crippen LogP contribution < -0.4 is 0 Å². The van der Waals surface area contributed by atoms with Gasteiger partial charge in [0.15, 0.2) is 0 Å². The van der Waals surface area contributed by atoms with Crippen molar-refractivity contribution in [3.05, 3.63) is 0 Å².